The van der Waals surface area contributed by atoms with Gasteiger partial charge in [0.25, 0.3) is 0 Å². The zero-order valence-electron chi connectivity index (χ0n) is 16.6. The minimum absolute atomic E-state index is 0.0270. The second-order valence-corrected chi connectivity index (χ2v) is 9.01. The number of likely N-dealkylation sites (tertiary alicyclic amines) is 1. The fraction of sp³-hybridized carbons (Fsp3) is 0.579. The molecule has 1 N–H and O–H groups in total. The molecule has 0 bridgehead atoms. The summed E-state index contributed by atoms with van der Waals surface area (Å²) in [6, 6.07) is 3.48. The number of para-hydroxylation sites is 1. The summed E-state index contributed by atoms with van der Waals surface area (Å²) in [6.45, 7) is 2.15. The fourth-order valence-corrected chi connectivity index (χ4v) is 5.12. The largest absolute Gasteiger partial charge is 0.493 e. The Morgan fingerprint density at radius 1 is 1.31 bits per heavy atom. The van der Waals surface area contributed by atoms with E-state index in [2.05, 4.69) is 4.72 Å². The Morgan fingerprint density at radius 3 is 2.69 bits per heavy atom. The number of rotatable bonds is 6. The smallest absolute Gasteiger partial charge is 0.245 e. The molecule has 0 aliphatic carbocycles. The van der Waals surface area contributed by atoms with E-state index in [1.807, 2.05) is 0 Å². The van der Waals surface area contributed by atoms with Crippen molar-refractivity contribution in [1.29, 1.82) is 0 Å². The SMILES string of the molecule is COc1c(N2CCCCC2=O)cccc1S(=O)(=O)N[C@@H](C)C(=O)N1CC[C@H](F)C1. The first kappa shape index (κ1) is 21.5. The molecule has 2 aliphatic rings. The number of nitrogens with zero attached hydrogens (tertiary/aromatic N) is 2. The molecule has 3 rings (SSSR count). The van der Waals surface area contributed by atoms with Gasteiger partial charge >= 0.3 is 0 Å². The lowest BCUT2D eigenvalue weighted by atomic mass is 10.1. The number of halogens is 1. The van der Waals surface area contributed by atoms with Crippen molar-refractivity contribution in [3.63, 3.8) is 0 Å². The maximum atomic E-state index is 13.4. The number of hydrogen-bond donors (Lipinski definition) is 1. The molecule has 1 aromatic rings. The molecule has 2 fully saturated rings. The van der Waals surface area contributed by atoms with Crippen LogP contribution >= 0.6 is 0 Å². The average molecular weight is 427 g/mol. The molecule has 160 valence electrons. The van der Waals surface area contributed by atoms with Gasteiger partial charge < -0.3 is 14.5 Å². The molecule has 2 heterocycles. The third-order valence-corrected chi connectivity index (χ3v) is 6.78. The minimum atomic E-state index is -4.12. The van der Waals surface area contributed by atoms with E-state index in [0.29, 0.717) is 18.7 Å². The van der Waals surface area contributed by atoms with Crippen molar-refractivity contribution in [3.8, 4) is 5.75 Å². The number of hydrogen-bond acceptors (Lipinski definition) is 5. The summed E-state index contributed by atoms with van der Waals surface area (Å²) in [4.78, 5) is 27.4. The highest BCUT2D eigenvalue weighted by Crippen LogP contribution is 2.36. The molecule has 2 amide bonds. The third-order valence-electron chi connectivity index (χ3n) is 5.21. The lowest BCUT2D eigenvalue weighted by molar-refractivity contribution is -0.131. The van der Waals surface area contributed by atoms with E-state index in [0.717, 1.165) is 12.8 Å². The molecule has 2 atom stereocenters. The predicted molar refractivity (Wildman–Crippen MR) is 105 cm³/mol. The van der Waals surface area contributed by atoms with Crippen LogP contribution < -0.4 is 14.4 Å². The number of alkyl halides is 1. The van der Waals surface area contributed by atoms with Crippen molar-refractivity contribution < 1.29 is 27.1 Å². The van der Waals surface area contributed by atoms with Crippen LogP contribution in [0.2, 0.25) is 0 Å². The Labute approximate surface area is 170 Å². The van der Waals surface area contributed by atoms with E-state index in [-0.39, 0.29) is 36.1 Å². The molecule has 1 aromatic carbocycles. The van der Waals surface area contributed by atoms with Gasteiger partial charge in [-0.1, -0.05) is 6.07 Å². The molecule has 0 aromatic heterocycles. The highest BCUT2D eigenvalue weighted by molar-refractivity contribution is 7.89. The lowest BCUT2D eigenvalue weighted by Crippen LogP contribution is -2.46. The van der Waals surface area contributed by atoms with Crippen molar-refractivity contribution in [2.45, 2.75) is 49.7 Å². The van der Waals surface area contributed by atoms with Crippen LogP contribution in [0.3, 0.4) is 0 Å². The number of amides is 2. The summed E-state index contributed by atoms with van der Waals surface area (Å²) >= 11 is 0. The van der Waals surface area contributed by atoms with Crippen molar-refractivity contribution in [2.75, 3.05) is 31.6 Å². The van der Waals surface area contributed by atoms with Crippen LogP contribution in [0.1, 0.15) is 32.6 Å². The summed E-state index contributed by atoms with van der Waals surface area (Å²) in [5.74, 6) is -0.509. The Morgan fingerprint density at radius 2 is 2.07 bits per heavy atom. The van der Waals surface area contributed by atoms with E-state index in [4.69, 9.17) is 4.74 Å². The molecule has 2 saturated heterocycles. The minimum Gasteiger partial charge on any atom is -0.493 e. The van der Waals surface area contributed by atoms with Gasteiger partial charge in [0.15, 0.2) is 5.75 Å². The number of benzene rings is 1. The Bertz CT molecular complexity index is 892. The second-order valence-electron chi connectivity index (χ2n) is 7.32. The first-order chi connectivity index (χ1) is 13.7. The van der Waals surface area contributed by atoms with Crippen LogP contribution in [0, 0.1) is 0 Å². The zero-order valence-corrected chi connectivity index (χ0v) is 17.4. The summed E-state index contributed by atoms with van der Waals surface area (Å²) in [5, 5.41) is 0. The average Bonchev–Trinajstić information content (AvgIpc) is 3.13. The lowest BCUT2D eigenvalue weighted by Gasteiger charge is -2.29. The Kier molecular flexibility index (Phi) is 6.42. The van der Waals surface area contributed by atoms with Crippen LogP contribution in [0.25, 0.3) is 0 Å². The number of piperidine rings is 1. The molecule has 0 spiro atoms. The molecule has 10 heteroatoms. The maximum absolute atomic E-state index is 13.4. The van der Waals surface area contributed by atoms with Crippen molar-refractivity contribution in [2.24, 2.45) is 0 Å². The van der Waals surface area contributed by atoms with Gasteiger partial charge in [0.2, 0.25) is 21.8 Å². The number of ether oxygens (including phenoxy) is 1. The predicted octanol–water partition coefficient (Wildman–Crippen LogP) is 1.45. The first-order valence-corrected chi connectivity index (χ1v) is 11.2. The van der Waals surface area contributed by atoms with Crippen LogP contribution in [-0.4, -0.2) is 64.1 Å². The molecule has 8 nitrogen and oxygen atoms in total. The molecule has 29 heavy (non-hydrogen) atoms. The third kappa shape index (κ3) is 4.53. The van der Waals surface area contributed by atoms with Crippen LogP contribution in [0.5, 0.6) is 5.75 Å². The number of methoxy groups -OCH3 is 1. The van der Waals surface area contributed by atoms with Gasteiger partial charge in [0.1, 0.15) is 11.1 Å². The number of carbonyl (C=O) groups is 2. The van der Waals surface area contributed by atoms with E-state index >= 15 is 0 Å². The molecule has 0 unspecified atom stereocenters. The first-order valence-electron chi connectivity index (χ1n) is 9.67. The summed E-state index contributed by atoms with van der Waals surface area (Å²) in [7, 11) is -2.78. The van der Waals surface area contributed by atoms with Crippen LogP contribution in [0.4, 0.5) is 10.1 Å². The summed E-state index contributed by atoms with van der Waals surface area (Å²) in [6.07, 6.45) is 1.19. The van der Waals surface area contributed by atoms with Gasteiger partial charge in [-0.25, -0.2) is 12.8 Å². The van der Waals surface area contributed by atoms with Gasteiger partial charge in [-0.3, -0.25) is 9.59 Å². The van der Waals surface area contributed by atoms with Gasteiger partial charge in [-0.15, -0.1) is 0 Å². The highest BCUT2D eigenvalue weighted by atomic mass is 32.2. The Balaban J connectivity index is 1.85. The molecule has 0 radical (unpaired) electrons. The van der Waals surface area contributed by atoms with Crippen molar-refractivity contribution in [1.82, 2.24) is 9.62 Å². The molecule has 0 saturated carbocycles. The molecule has 2 aliphatic heterocycles. The van der Waals surface area contributed by atoms with E-state index in [1.165, 1.54) is 36.0 Å². The van der Waals surface area contributed by atoms with Gasteiger partial charge in [-0.05, 0) is 38.3 Å². The zero-order chi connectivity index (χ0) is 21.2. The van der Waals surface area contributed by atoms with Gasteiger partial charge in [0, 0.05) is 19.5 Å². The van der Waals surface area contributed by atoms with Crippen LogP contribution in [0.15, 0.2) is 23.1 Å². The monoisotopic (exact) mass is 427 g/mol. The standard InChI is InChI=1S/C19H26FN3O5S/c1-13(19(25)22-11-9-14(20)12-22)21-29(26,27)16-7-5-6-15(18(16)28-2)23-10-4-3-8-17(23)24/h5-7,13-14,21H,3-4,8-12H2,1-2H3/t13-,14-/m0/s1. The molecular weight excluding hydrogens is 401 g/mol. The van der Waals surface area contributed by atoms with Crippen molar-refractivity contribution >= 4 is 27.5 Å². The number of nitrogens with one attached hydrogen (secondary N) is 1. The fourth-order valence-electron chi connectivity index (χ4n) is 3.73. The highest BCUT2D eigenvalue weighted by Gasteiger charge is 2.33. The number of sulfonamides is 1. The Hall–Kier alpha value is -2.20. The maximum Gasteiger partial charge on any atom is 0.245 e. The number of carbonyl (C=O) groups excluding carboxylic acids is 2. The van der Waals surface area contributed by atoms with Crippen LogP contribution in [-0.2, 0) is 19.6 Å². The van der Waals surface area contributed by atoms with Gasteiger partial charge in [0.05, 0.1) is 25.4 Å². The van der Waals surface area contributed by atoms with E-state index in [9.17, 15) is 22.4 Å². The second kappa shape index (κ2) is 8.66. The van der Waals surface area contributed by atoms with E-state index in [1.54, 1.807) is 6.07 Å². The summed E-state index contributed by atoms with van der Waals surface area (Å²) in [5.41, 5.74) is 0.388. The number of anilines is 1. The van der Waals surface area contributed by atoms with E-state index < -0.39 is 28.1 Å². The quantitative estimate of drug-likeness (QED) is 0.741. The summed E-state index contributed by atoms with van der Waals surface area (Å²) < 4.78 is 47.1. The normalized spacial score (nSPS) is 21.3. The van der Waals surface area contributed by atoms with Gasteiger partial charge in [-0.2, -0.15) is 4.72 Å². The topological polar surface area (TPSA) is 96.0 Å². The van der Waals surface area contributed by atoms with Crippen molar-refractivity contribution in [3.05, 3.63) is 18.2 Å². The molecular formula is C19H26FN3O5S.